The Morgan fingerprint density at radius 3 is 2.44 bits per heavy atom. The van der Waals surface area contributed by atoms with Gasteiger partial charge in [0.05, 0.1) is 12.6 Å². The molecule has 1 heterocycles. The second-order valence-electron chi connectivity index (χ2n) is 6.94. The summed E-state index contributed by atoms with van der Waals surface area (Å²) in [5.41, 5.74) is 4.00. The van der Waals surface area contributed by atoms with Gasteiger partial charge in [-0.25, -0.2) is 0 Å². The summed E-state index contributed by atoms with van der Waals surface area (Å²) < 4.78 is 5.25. The Balaban J connectivity index is 1.72. The highest BCUT2D eigenvalue weighted by Gasteiger charge is 2.11. The SMILES string of the molecule is CC(C)c1cc(CNC(=O)c2cccc(-c3cccc([C@H](C)O)c3)c2)no1. The summed E-state index contributed by atoms with van der Waals surface area (Å²) >= 11 is 0. The molecule has 1 aromatic heterocycles. The lowest BCUT2D eigenvalue weighted by molar-refractivity contribution is 0.0950. The lowest BCUT2D eigenvalue weighted by atomic mass is 9.99. The molecule has 5 heteroatoms. The quantitative estimate of drug-likeness (QED) is 0.678. The molecule has 1 atom stereocenters. The van der Waals surface area contributed by atoms with Crippen molar-refractivity contribution in [1.29, 1.82) is 0 Å². The first-order valence-electron chi connectivity index (χ1n) is 9.06. The summed E-state index contributed by atoms with van der Waals surface area (Å²) in [6.45, 7) is 6.11. The molecule has 27 heavy (non-hydrogen) atoms. The highest BCUT2D eigenvalue weighted by molar-refractivity contribution is 5.95. The van der Waals surface area contributed by atoms with E-state index in [0.29, 0.717) is 17.8 Å². The van der Waals surface area contributed by atoms with Crippen LogP contribution in [-0.2, 0) is 6.54 Å². The van der Waals surface area contributed by atoms with Crippen molar-refractivity contribution < 1.29 is 14.4 Å². The normalized spacial score (nSPS) is 12.2. The molecule has 3 rings (SSSR count). The zero-order valence-electron chi connectivity index (χ0n) is 15.8. The average Bonchev–Trinajstić information content (AvgIpc) is 3.16. The lowest BCUT2D eigenvalue weighted by Gasteiger charge is -2.09. The fourth-order valence-corrected chi connectivity index (χ4v) is 2.77. The number of aliphatic hydroxyl groups excluding tert-OH is 1. The number of aliphatic hydroxyl groups is 1. The fraction of sp³-hybridized carbons (Fsp3) is 0.273. The second-order valence-corrected chi connectivity index (χ2v) is 6.94. The molecule has 2 aromatic carbocycles. The van der Waals surface area contributed by atoms with E-state index in [4.69, 9.17) is 4.52 Å². The molecule has 0 fully saturated rings. The van der Waals surface area contributed by atoms with Gasteiger partial charge in [0.25, 0.3) is 5.91 Å². The Labute approximate surface area is 159 Å². The van der Waals surface area contributed by atoms with Crippen LogP contribution in [0.15, 0.2) is 59.1 Å². The molecule has 0 saturated heterocycles. The summed E-state index contributed by atoms with van der Waals surface area (Å²) in [5, 5.41) is 16.6. The van der Waals surface area contributed by atoms with Gasteiger partial charge in [0.2, 0.25) is 0 Å². The Morgan fingerprint density at radius 1 is 1.07 bits per heavy atom. The van der Waals surface area contributed by atoms with Crippen LogP contribution in [0.2, 0.25) is 0 Å². The van der Waals surface area contributed by atoms with E-state index in [9.17, 15) is 9.90 Å². The number of hydrogen-bond acceptors (Lipinski definition) is 4. The second kappa shape index (κ2) is 8.18. The van der Waals surface area contributed by atoms with Gasteiger partial charge >= 0.3 is 0 Å². The standard InChI is InChI=1S/C22H24N2O3/c1-14(2)21-12-20(24-27-21)13-23-22(26)19-9-5-8-18(11-19)17-7-4-6-16(10-17)15(3)25/h4-12,14-15,25H,13H2,1-3H3,(H,23,26)/t15-/m0/s1. The van der Waals surface area contributed by atoms with Crippen LogP contribution in [0.4, 0.5) is 0 Å². The van der Waals surface area contributed by atoms with Gasteiger partial charge in [0, 0.05) is 17.5 Å². The maximum atomic E-state index is 12.5. The van der Waals surface area contributed by atoms with E-state index >= 15 is 0 Å². The van der Waals surface area contributed by atoms with E-state index in [2.05, 4.69) is 10.5 Å². The number of nitrogens with one attached hydrogen (secondary N) is 1. The minimum absolute atomic E-state index is 0.169. The molecule has 0 bridgehead atoms. The van der Waals surface area contributed by atoms with Crippen LogP contribution in [0.25, 0.3) is 11.1 Å². The molecular formula is C22H24N2O3. The monoisotopic (exact) mass is 364 g/mol. The predicted octanol–water partition coefficient (Wildman–Crippen LogP) is 4.45. The number of nitrogens with zero attached hydrogens (tertiary/aromatic N) is 1. The van der Waals surface area contributed by atoms with Crippen molar-refractivity contribution >= 4 is 5.91 Å². The minimum atomic E-state index is -0.533. The molecule has 0 aliphatic heterocycles. The van der Waals surface area contributed by atoms with Gasteiger partial charge in [-0.15, -0.1) is 0 Å². The van der Waals surface area contributed by atoms with Crippen LogP contribution in [0.1, 0.15) is 60.2 Å². The summed E-state index contributed by atoms with van der Waals surface area (Å²) in [6.07, 6.45) is -0.533. The molecule has 0 saturated carbocycles. The zero-order valence-corrected chi connectivity index (χ0v) is 15.8. The zero-order chi connectivity index (χ0) is 19.4. The van der Waals surface area contributed by atoms with E-state index in [1.165, 1.54) is 0 Å². The van der Waals surface area contributed by atoms with Crippen molar-refractivity contribution in [2.45, 2.75) is 39.3 Å². The predicted molar refractivity (Wildman–Crippen MR) is 104 cm³/mol. The van der Waals surface area contributed by atoms with E-state index in [-0.39, 0.29) is 11.8 Å². The molecule has 2 N–H and O–H groups in total. The summed E-state index contributed by atoms with van der Waals surface area (Å²) in [6, 6.07) is 17.0. The molecule has 0 spiro atoms. The first-order chi connectivity index (χ1) is 12.9. The Kier molecular flexibility index (Phi) is 5.72. The largest absolute Gasteiger partial charge is 0.389 e. The van der Waals surface area contributed by atoms with Crippen LogP contribution in [0.3, 0.4) is 0 Å². The van der Waals surface area contributed by atoms with E-state index in [1.54, 1.807) is 13.0 Å². The maximum absolute atomic E-state index is 12.5. The van der Waals surface area contributed by atoms with Crippen molar-refractivity contribution in [2.24, 2.45) is 0 Å². The van der Waals surface area contributed by atoms with Crippen LogP contribution in [0, 0.1) is 0 Å². The number of rotatable bonds is 6. The Hall–Kier alpha value is -2.92. The van der Waals surface area contributed by atoms with Gasteiger partial charge in [0.15, 0.2) is 0 Å². The summed E-state index contributed by atoms with van der Waals surface area (Å²) in [4.78, 5) is 12.5. The molecule has 3 aromatic rings. The highest BCUT2D eigenvalue weighted by Crippen LogP contribution is 2.24. The van der Waals surface area contributed by atoms with Gasteiger partial charge in [-0.05, 0) is 41.8 Å². The van der Waals surface area contributed by atoms with Crippen molar-refractivity contribution in [2.75, 3.05) is 0 Å². The maximum Gasteiger partial charge on any atom is 0.251 e. The first-order valence-corrected chi connectivity index (χ1v) is 9.06. The van der Waals surface area contributed by atoms with Crippen LogP contribution in [-0.4, -0.2) is 16.2 Å². The minimum Gasteiger partial charge on any atom is -0.389 e. The molecule has 0 unspecified atom stereocenters. The Morgan fingerprint density at radius 2 is 1.78 bits per heavy atom. The van der Waals surface area contributed by atoms with Gasteiger partial charge in [0.1, 0.15) is 11.5 Å². The lowest BCUT2D eigenvalue weighted by Crippen LogP contribution is -2.22. The highest BCUT2D eigenvalue weighted by atomic mass is 16.5. The molecule has 1 amide bonds. The smallest absolute Gasteiger partial charge is 0.251 e. The number of hydrogen-bond donors (Lipinski definition) is 2. The molecule has 0 aliphatic rings. The van der Waals surface area contributed by atoms with Crippen LogP contribution in [0.5, 0.6) is 0 Å². The van der Waals surface area contributed by atoms with Gasteiger partial charge < -0.3 is 14.9 Å². The summed E-state index contributed by atoms with van der Waals surface area (Å²) in [7, 11) is 0. The van der Waals surface area contributed by atoms with Crippen molar-refractivity contribution in [1.82, 2.24) is 10.5 Å². The Bertz CT molecular complexity index is 929. The topological polar surface area (TPSA) is 75.4 Å². The van der Waals surface area contributed by atoms with Crippen LogP contribution < -0.4 is 5.32 Å². The number of benzene rings is 2. The third kappa shape index (κ3) is 4.63. The molecule has 0 radical (unpaired) electrons. The molecule has 0 aliphatic carbocycles. The third-order valence-electron chi connectivity index (χ3n) is 4.40. The molecular weight excluding hydrogens is 340 g/mol. The van der Waals surface area contributed by atoms with Gasteiger partial charge in [-0.3, -0.25) is 4.79 Å². The van der Waals surface area contributed by atoms with Gasteiger partial charge in [-0.2, -0.15) is 0 Å². The van der Waals surface area contributed by atoms with Gasteiger partial charge in [-0.1, -0.05) is 49.3 Å². The molecule has 140 valence electrons. The number of carbonyl (C=O) groups is 1. The molecule has 5 nitrogen and oxygen atoms in total. The van der Waals surface area contributed by atoms with Crippen molar-refractivity contribution in [3.63, 3.8) is 0 Å². The third-order valence-corrected chi connectivity index (χ3v) is 4.40. The van der Waals surface area contributed by atoms with E-state index in [0.717, 1.165) is 22.5 Å². The number of amides is 1. The number of carbonyl (C=O) groups excluding carboxylic acids is 1. The number of aromatic nitrogens is 1. The summed E-state index contributed by atoms with van der Waals surface area (Å²) in [5.74, 6) is 0.896. The average molecular weight is 364 g/mol. The van der Waals surface area contributed by atoms with E-state index < -0.39 is 6.10 Å². The van der Waals surface area contributed by atoms with Crippen molar-refractivity contribution in [3.05, 3.63) is 77.2 Å². The fourth-order valence-electron chi connectivity index (χ4n) is 2.77. The van der Waals surface area contributed by atoms with Crippen LogP contribution >= 0.6 is 0 Å². The van der Waals surface area contributed by atoms with E-state index in [1.807, 2.05) is 62.4 Å². The van der Waals surface area contributed by atoms with Crippen molar-refractivity contribution in [3.8, 4) is 11.1 Å². The first kappa shape index (κ1) is 18.9.